The zero-order valence-electron chi connectivity index (χ0n) is 44.9. The number of carbonyl (C=O) groups excluding carboxylic acids is 3. The van der Waals surface area contributed by atoms with Gasteiger partial charge in [0.2, 0.25) is 0 Å². The number of esters is 3. The number of rotatable bonds is 52. The Kier molecular flexibility index (Phi) is 53.8. The second-order valence-corrected chi connectivity index (χ2v) is 19.2. The van der Waals surface area contributed by atoms with Crippen molar-refractivity contribution in [3.8, 4) is 0 Å². The summed E-state index contributed by atoms with van der Waals surface area (Å²) >= 11 is 0. The van der Waals surface area contributed by atoms with Crippen molar-refractivity contribution >= 4 is 17.9 Å². The molecule has 1 unspecified atom stereocenters. The SMILES string of the molecule is CCCC/C=C\C/C=C\CCCCCCCC(=O)OCC(COC(=O)CCCCCCCC/C=C\C/C=C\C/C=C\CCCCC)OC(=O)CCCCCCCCC/C=C\CCCCCCCC. The van der Waals surface area contributed by atoms with Crippen LogP contribution in [0.15, 0.2) is 72.9 Å². The first-order valence-corrected chi connectivity index (χ1v) is 28.9. The molecule has 0 aromatic carbocycles. The van der Waals surface area contributed by atoms with Crippen LogP contribution in [-0.2, 0) is 28.6 Å². The van der Waals surface area contributed by atoms with Gasteiger partial charge in [0.1, 0.15) is 13.2 Å². The monoisotopic (exact) mass is 949 g/mol. The van der Waals surface area contributed by atoms with Gasteiger partial charge in [-0.15, -0.1) is 0 Å². The molecule has 1 atom stereocenters. The summed E-state index contributed by atoms with van der Waals surface area (Å²) in [5, 5.41) is 0. The summed E-state index contributed by atoms with van der Waals surface area (Å²) < 4.78 is 16.9. The van der Waals surface area contributed by atoms with Gasteiger partial charge in [0.05, 0.1) is 0 Å². The van der Waals surface area contributed by atoms with Crippen LogP contribution in [0.5, 0.6) is 0 Å². The third-order valence-electron chi connectivity index (χ3n) is 12.4. The molecule has 392 valence electrons. The van der Waals surface area contributed by atoms with Gasteiger partial charge in [-0.2, -0.15) is 0 Å². The maximum Gasteiger partial charge on any atom is 0.306 e. The Bertz CT molecular complexity index is 1270. The summed E-state index contributed by atoms with van der Waals surface area (Å²) in [5.41, 5.74) is 0. The number of ether oxygens (including phenoxy) is 3. The van der Waals surface area contributed by atoms with Gasteiger partial charge in [0.15, 0.2) is 6.10 Å². The second kappa shape index (κ2) is 56.4. The van der Waals surface area contributed by atoms with E-state index in [0.717, 1.165) is 96.3 Å². The third-order valence-corrected chi connectivity index (χ3v) is 12.4. The van der Waals surface area contributed by atoms with Crippen LogP contribution in [0.2, 0.25) is 0 Å². The van der Waals surface area contributed by atoms with Crippen LogP contribution in [0.25, 0.3) is 0 Å². The molecule has 0 N–H and O–H groups in total. The molecule has 0 aromatic rings. The molecule has 0 saturated heterocycles. The molecule has 0 aromatic heterocycles. The van der Waals surface area contributed by atoms with Crippen LogP contribution >= 0.6 is 0 Å². The zero-order chi connectivity index (χ0) is 49.3. The number of hydrogen-bond acceptors (Lipinski definition) is 6. The maximum absolute atomic E-state index is 12.9. The van der Waals surface area contributed by atoms with E-state index >= 15 is 0 Å². The Labute approximate surface area is 421 Å². The molecule has 68 heavy (non-hydrogen) atoms. The van der Waals surface area contributed by atoms with Crippen LogP contribution < -0.4 is 0 Å². The van der Waals surface area contributed by atoms with Crippen molar-refractivity contribution in [3.05, 3.63) is 72.9 Å². The standard InChI is InChI=1S/C62H108O6/c1-4-7-10-13-16-19-22-25-28-30-31-33-34-37-40-43-46-49-52-55-61(64)67-58-59(57-66-60(63)54-51-48-45-42-39-36-27-24-21-18-15-12-9-6-3)68-62(65)56-53-50-47-44-41-38-35-32-29-26-23-20-17-14-11-8-5-2/h15-16,18-19,24-29,31,33,59H,4-14,17,20-23,30,32,34-58H2,1-3H3/b18-15-,19-16-,27-24-,28-25-,29-26-,33-31-. The second-order valence-electron chi connectivity index (χ2n) is 19.2. The van der Waals surface area contributed by atoms with E-state index < -0.39 is 6.10 Å². The van der Waals surface area contributed by atoms with Crippen LogP contribution in [0.1, 0.15) is 284 Å². The average molecular weight is 950 g/mol. The molecule has 0 amide bonds. The average Bonchev–Trinajstić information content (AvgIpc) is 3.34. The molecule has 0 radical (unpaired) electrons. The van der Waals surface area contributed by atoms with Gasteiger partial charge in [-0.05, 0) is 109 Å². The molecule has 0 bridgehead atoms. The Balaban J connectivity index is 4.42. The first-order chi connectivity index (χ1) is 33.5. The fourth-order valence-electron chi connectivity index (χ4n) is 7.99. The molecule has 0 aliphatic rings. The lowest BCUT2D eigenvalue weighted by Crippen LogP contribution is -2.30. The van der Waals surface area contributed by atoms with E-state index in [0.29, 0.717) is 19.3 Å². The number of hydrogen-bond donors (Lipinski definition) is 0. The lowest BCUT2D eigenvalue weighted by molar-refractivity contribution is -0.167. The fraction of sp³-hybridized carbons (Fsp3) is 0.758. The Morgan fingerprint density at radius 1 is 0.294 bits per heavy atom. The van der Waals surface area contributed by atoms with Gasteiger partial charge in [-0.1, -0.05) is 229 Å². The van der Waals surface area contributed by atoms with Crippen molar-refractivity contribution in [2.24, 2.45) is 0 Å². The van der Waals surface area contributed by atoms with E-state index in [2.05, 4.69) is 93.7 Å². The summed E-state index contributed by atoms with van der Waals surface area (Å²) in [6.45, 7) is 6.56. The molecule has 0 fully saturated rings. The summed E-state index contributed by atoms with van der Waals surface area (Å²) in [6.07, 6.45) is 71.7. The lowest BCUT2D eigenvalue weighted by atomic mass is 10.1. The topological polar surface area (TPSA) is 78.9 Å². The molecule has 0 spiro atoms. The van der Waals surface area contributed by atoms with Gasteiger partial charge in [-0.3, -0.25) is 14.4 Å². The molecular weight excluding hydrogens is 841 g/mol. The summed E-state index contributed by atoms with van der Waals surface area (Å²) in [5.74, 6) is -0.910. The minimum absolute atomic E-state index is 0.0881. The van der Waals surface area contributed by atoms with Gasteiger partial charge in [0, 0.05) is 19.3 Å². The van der Waals surface area contributed by atoms with Crippen molar-refractivity contribution in [1.82, 2.24) is 0 Å². The highest BCUT2D eigenvalue weighted by molar-refractivity contribution is 5.71. The highest BCUT2D eigenvalue weighted by Crippen LogP contribution is 2.15. The number of allylic oxidation sites excluding steroid dienone is 12. The molecule has 0 aliphatic heterocycles. The van der Waals surface area contributed by atoms with Gasteiger partial charge < -0.3 is 14.2 Å². The zero-order valence-corrected chi connectivity index (χ0v) is 44.9. The molecule has 0 aliphatic carbocycles. The molecule has 6 nitrogen and oxygen atoms in total. The van der Waals surface area contributed by atoms with Crippen molar-refractivity contribution in [2.75, 3.05) is 13.2 Å². The van der Waals surface area contributed by atoms with Crippen LogP contribution in [-0.4, -0.2) is 37.2 Å². The summed E-state index contributed by atoms with van der Waals surface area (Å²) in [4.78, 5) is 38.2. The predicted molar refractivity (Wildman–Crippen MR) is 293 cm³/mol. The third kappa shape index (κ3) is 53.8. The van der Waals surface area contributed by atoms with E-state index in [-0.39, 0.29) is 31.1 Å². The quantitative estimate of drug-likeness (QED) is 0.0262. The Morgan fingerprint density at radius 3 is 0.912 bits per heavy atom. The fourth-order valence-corrected chi connectivity index (χ4v) is 7.99. The molecule has 0 heterocycles. The van der Waals surface area contributed by atoms with E-state index in [1.165, 1.54) is 148 Å². The van der Waals surface area contributed by atoms with Crippen molar-refractivity contribution in [3.63, 3.8) is 0 Å². The van der Waals surface area contributed by atoms with Crippen molar-refractivity contribution in [2.45, 2.75) is 290 Å². The Morgan fingerprint density at radius 2 is 0.544 bits per heavy atom. The first kappa shape index (κ1) is 64.8. The normalized spacial score (nSPS) is 12.6. The number of carbonyl (C=O) groups is 3. The van der Waals surface area contributed by atoms with Gasteiger partial charge in [0.25, 0.3) is 0 Å². The highest BCUT2D eigenvalue weighted by Gasteiger charge is 2.19. The summed E-state index contributed by atoms with van der Waals surface area (Å²) in [6, 6.07) is 0. The van der Waals surface area contributed by atoms with Gasteiger partial charge in [-0.25, -0.2) is 0 Å². The Hall–Kier alpha value is -3.15. The molecular formula is C62H108O6. The minimum Gasteiger partial charge on any atom is -0.462 e. The summed E-state index contributed by atoms with van der Waals surface area (Å²) in [7, 11) is 0. The molecule has 0 rings (SSSR count). The van der Waals surface area contributed by atoms with E-state index in [9.17, 15) is 14.4 Å². The van der Waals surface area contributed by atoms with Crippen molar-refractivity contribution in [1.29, 1.82) is 0 Å². The smallest absolute Gasteiger partial charge is 0.306 e. The van der Waals surface area contributed by atoms with Crippen LogP contribution in [0, 0.1) is 0 Å². The largest absolute Gasteiger partial charge is 0.462 e. The van der Waals surface area contributed by atoms with Gasteiger partial charge >= 0.3 is 17.9 Å². The van der Waals surface area contributed by atoms with E-state index in [1.54, 1.807) is 0 Å². The van der Waals surface area contributed by atoms with E-state index in [4.69, 9.17) is 14.2 Å². The van der Waals surface area contributed by atoms with E-state index in [1.807, 2.05) is 0 Å². The maximum atomic E-state index is 12.9. The minimum atomic E-state index is -0.789. The predicted octanol–water partition coefficient (Wildman–Crippen LogP) is 19.4. The lowest BCUT2D eigenvalue weighted by Gasteiger charge is -2.18. The van der Waals surface area contributed by atoms with Crippen molar-refractivity contribution < 1.29 is 28.6 Å². The van der Waals surface area contributed by atoms with Crippen LogP contribution in [0.4, 0.5) is 0 Å². The highest BCUT2D eigenvalue weighted by atomic mass is 16.6. The molecule has 0 saturated carbocycles. The van der Waals surface area contributed by atoms with Crippen LogP contribution in [0.3, 0.4) is 0 Å². The molecule has 6 heteroatoms. The first-order valence-electron chi connectivity index (χ1n) is 28.9. The number of unbranched alkanes of at least 4 members (excludes halogenated alkanes) is 29.